The molecule has 0 spiro atoms. The van der Waals surface area contributed by atoms with Crippen molar-refractivity contribution in [2.75, 3.05) is 26.7 Å². The standard InChI is InChI=1S/C8H17N3O/c1-11-4-2-7(3-5-11)10-6-8(9)12/h7,10H,2-6H2,1H3,(H2,9,12). The fourth-order valence-electron chi connectivity index (χ4n) is 1.46. The molecule has 0 bridgehead atoms. The summed E-state index contributed by atoms with van der Waals surface area (Å²) in [6.07, 6.45) is 2.23. The van der Waals surface area contributed by atoms with Crippen molar-refractivity contribution in [3.63, 3.8) is 0 Å². The van der Waals surface area contributed by atoms with Crippen LogP contribution in [0.2, 0.25) is 0 Å². The summed E-state index contributed by atoms with van der Waals surface area (Å²) in [5.41, 5.74) is 5.03. The van der Waals surface area contributed by atoms with Crippen molar-refractivity contribution in [3.8, 4) is 0 Å². The Labute approximate surface area is 73.1 Å². The lowest BCUT2D eigenvalue weighted by Crippen LogP contribution is -2.43. The lowest BCUT2D eigenvalue weighted by Gasteiger charge is -2.29. The van der Waals surface area contributed by atoms with Crippen LogP contribution >= 0.6 is 0 Å². The molecule has 4 heteroatoms. The number of likely N-dealkylation sites (tertiary alicyclic amines) is 1. The highest BCUT2D eigenvalue weighted by Gasteiger charge is 2.15. The number of carbonyl (C=O) groups excluding carboxylic acids is 1. The number of rotatable bonds is 3. The highest BCUT2D eigenvalue weighted by molar-refractivity contribution is 5.75. The summed E-state index contributed by atoms with van der Waals surface area (Å²) in [4.78, 5) is 12.7. The number of nitrogens with two attached hydrogens (primary N) is 1. The predicted octanol–water partition coefficient (Wildman–Crippen LogP) is -0.844. The van der Waals surface area contributed by atoms with E-state index in [0.29, 0.717) is 12.6 Å². The molecule has 0 unspecified atom stereocenters. The lowest BCUT2D eigenvalue weighted by atomic mass is 10.1. The monoisotopic (exact) mass is 171 g/mol. The second kappa shape index (κ2) is 4.42. The van der Waals surface area contributed by atoms with Gasteiger partial charge in [0.2, 0.25) is 5.91 Å². The zero-order valence-electron chi connectivity index (χ0n) is 7.55. The second-order valence-corrected chi connectivity index (χ2v) is 3.42. The van der Waals surface area contributed by atoms with Crippen molar-refractivity contribution in [2.24, 2.45) is 5.73 Å². The van der Waals surface area contributed by atoms with E-state index >= 15 is 0 Å². The minimum Gasteiger partial charge on any atom is -0.369 e. The molecular weight excluding hydrogens is 154 g/mol. The number of piperidine rings is 1. The van der Waals surface area contributed by atoms with Gasteiger partial charge in [0.25, 0.3) is 0 Å². The molecule has 3 N–H and O–H groups in total. The number of nitrogens with zero attached hydrogens (tertiary/aromatic N) is 1. The maximum Gasteiger partial charge on any atom is 0.231 e. The molecule has 0 aromatic carbocycles. The van der Waals surface area contributed by atoms with Crippen LogP contribution in [0.4, 0.5) is 0 Å². The van der Waals surface area contributed by atoms with Crippen molar-refractivity contribution in [3.05, 3.63) is 0 Å². The van der Waals surface area contributed by atoms with Crippen LogP contribution in [0.15, 0.2) is 0 Å². The van der Waals surface area contributed by atoms with E-state index in [-0.39, 0.29) is 5.91 Å². The average Bonchev–Trinajstić information content (AvgIpc) is 2.03. The Morgan fingerprint density at radius 3 is 2.67 bits per heavy atom. The molecule has 1 saturated heterocycles. The lowest BCUT2D eigenvalue weighted by molar-refractivity contribution is -0.117. The molecule has 0 saturated carbocycles. The van der Waals surface area contributed by atoms with Crippen LogP contribution in [0.25, 0.3) is 0 Å². The molecule has 0 aliphatic carbocycles. The topological polar surface area (TPSA) is 58.4 Å². The third kappa shape index (κ3) is 3.19. The molecule has 1 amide bonds. The van der Waals surface area contributed by atoms with E-state index in [4.69, 9.17) is 5.73 Å². The second-order valence-electron chi connectivity index (χ2n) is 3.42. The van der Waals surface area contributed by atoms with Gasteiger partial charge in [-0.3, -0.25) is 4.79 Å². The van der Waals surface area contributed by atoms with Crippen molar-refractivity contribution in [2.45, 2.75) is 18.9 Å². The quantitative estimate of drug-likeness (QED) is 0.582. The predicted molar refractivity (Wildman–Crippen MR) is 47.7 cm³/mol. The molecule has 12 heavy (non-hydrogen) atoms. The van der Waals surface area contributed by atoms with Gasteiger partial charge in [0.05, 0.1) is 6.54 Å². The highest BCUT2D eigenvalue weighted by Crippen LogP contribution is 2.07. The third-order valence-electron chi connectivity index (χ3n) is 2.28. The van der Waals surface area contributed by atoms with Gasteiger partial charge < -0.3 is 16.0 Å². The van der Waals surface area contributed by atoms with E-state index in [0.717, 1.165) is 25.9 Å². The molecule has 70 valence electrons. The number of hydrogen-bond acceptors (Lipinski definition) is 3. The third-order valence-corrected chi connectivity index (χ3v) is 2.28. The van der Waals surface area contributed by atoms with Gasteiger partial charge in [0.1, 0.15) is 0 Å². The van der Waals surface area contributed by atoms with Gasteiger partial charge in [-0.15, -0.1) is 0 Å². The number of nitrogens with one attached hydrogen (secondary N) is 1. The summed E-state index contributed by atoms with van der Waals surface area (Å²) in [5, 5.41) is 3.14. The van der Waals surface area contributed by atoms with Crippen molar-refractivity contribution in [1.29, 1.82) is 0 Å². The van der Waals surface area contributed by atoms with Crippen molar-refractivity contribution < 1.29 is 4.79 Å². The van der Waals surface area contributed by atoms with Gasteiger partial charge in [-0.1, -0.05) is 0 Å². The van der Waals surface area contributed by atoms with Gasteiger partial charge in [-0.05, 0) is 33.0 Å². The number of primary amides is 1. The molecule has 1 rings (SSSR count). The SMILES string of the molecule is CN1CCC(NCC(N)=O)CC1. The van der Waals surface area contributed by atoms with Gasteiger partial charge in [-0.25, -0.2) is 0 Å². The molecular formula is C8H17N3O. The molecule has 0 atom stereocenters. The van der Waals surface area contributed by atoms with Crippen LogP contribution in [0, 0.1) is 0 Å². The Morgan fingerprint density at radius 2 is 2.17 bits per heavy atom. The van der Waals surface area contributed by atoms with Crippen LogP contribution in [-0.4, -0.2) is 43.5 Å². The molecule has 0 aromatic heterocycles. The number of carbonyl (C=O) groups is 1. The summed E-state index contributed by atoms with van der Waals surface area (Å²) in [7, 11) is 2.12. The van der Waals surface area contributed by atoms with E-state index in [2.05, 4.69) is 17.3 Å². The van der Waals surface area contributed by atoms with Crippen LogP contribution in [-0.2, 0) is 4.79 Å². The summed E-state index contributed by atoms with van der Waals surface area (Å²) >= 11 is 0. The van der Waals surface area contributed by atoms with Crippen molar-refractivity contribution in [1.82, 2.24) is 10.2 Å². The number of hydrogen-bond donors (Lipinski definition) is 2. The van der Waals surface area contributed by atoms with E-state index < -0.39 is 0 Å². The van der Waals surface area contributed by atoms with Crippen LogP contribution in [0.5, 0.6) is 0 Å². The van der Waals surface area contributed by atoms with Gasteiger partial charge in [0, 0.05) is 6.04 Å². The normalized spacial score (nSPS) is 21.1. The summed E-state index contributed by atoms with van der Waals surface area (Å²) in [5.74, 6) is -0.270. The first-order valence-electron chi connectivity index (χ1n) is 4.38. The Bertz CT molecular complexity index is 152. The first kappa shape index (κ1) is 9.48. The summed E-state index contributed by atoms with van der Waals surface area (Å²) in [6, 6.07) is 0.480. The maximum absolute atomic E-state index is 10.5. The molecule has 1 aliphatic heterocycles. The van der Waals surface area contributed by atoms with Crippen LogP contribution in [0.3, 0.4) is 0 Å². The Kier molecular flexibility index (Phi) is 3.49. The van der Waals surface area contributed by atoms with Gasteiger partial charge >= 0.3 is 0 Å². The first-order chi connectivity index (χ1) is 5.68. The van der Waals surface area contributed by atoms with E-state index in [1.54, 1.807) is 0 Å². The first-order valence-corrected chi connectivity index (χ1v) is 4.38. The smallest absolute Gasteiger partial charge is 0.231 e. The molecule has 1 heterocycles. The Balaban J connectivity index is 2.13. The van der Waals surface area contributed by atoms with E-state index in [9.17, 15) is 4.79 Å². The minimum atomic E-state index is -0.270. The van der Waals surface area contributed by atoms with Gasteiger partial charge in [0.15, 0.2) is 0 Å². The molecule has 1 fully saturated rings. The molecule has 0 aromatic rings. The Morgan fingerprint density at radius 1 is 1.58 bits per heavy atom. The van der Waals surface area contributed by atoms with E-state index in [1.807, 2.05) is 0 Å². The fourth-order valence-corrected chi connectivity index (χ4v) is 1.46. The summed E-state index contributed by atoms with van der Waals surface area (Å²) in [6.45, 7) is 2.53. The van der Waals surface area contributed by atoms with E-state index in [1.165, 1.54) is 0 Å². The molecule has 0 radical (unpaired) electrons. The minimum absolute atomic E-state index is 0.270. The Hall–Kier alpha value is -0.610. The molecule has 4 nitrogen and oxygen atoms in total. The van der Waals surface area contributed by atoms with Crippen LogP contribution in [0.1, 0.15) is 12.8 Å². The van der Waals surface area contributed by atoms with Crippen LogP contribution < -0.4 is 11.1 Å². The largest absolute Gasteiger partial charge is 0.369 e. The van der Waals surface area contributed by atoms with Gasteiger partial charge in [-0.2, -0.15) is 0 Å². The highest BCUT2D eigenvalue weighted by atomic mass is 16.1. The zero-order valence-corrected chi connectivity index (χ0v) is 7.55. The van der Waals surface area contributed by atoms with Crippen molar-refractivity contribution >= 4 is 5.91 Å². The molecule has 1 aliphatic rings. The zero-order chi connectivity index (χ0) is 8.97. The fraction of sp³-hybridized carbons (Fsp3) is 0.875. The maximum atomic E-state index is 10.5. The number of amides is 1. The average molecular weight is 171 g/mol. The summed E-state index contributed by atoms with van der Waals surface area (Å²) < 4.78 is 0.